The van der Waals surface area contributed by atoms with Gasteiger partial charge < -0.3 is 28.4 Å². The Kier molecular flexibility index (Phi) is 10.3. The molecule has 0 aliphatic carbocycles. The van der Waals surface area contributed by atoms with E-state index in [1.165, 1.54) is 42.7 Å². The van der Waals surface area contributed by atoms with Crippen molar-refractivity contribution in [1.29, 1.82) is 0 Å². The Morgan fingerprint density at radius 1 is 0.413 bits per heavy atom. The highest BCUT2D eigenvalue weighted by atomic mass is 19.2. The summed E-state index contributed by atoms with van der Waals surface area (Å²) in [7, 11) is 11.5. The minimum Gasteiger partial charge on any atom is -0.492 e. The van der Waals surface area contributed by atoms with Gasteiger partial charge in [0, 0.05) is 22.3 Å². The maximum atomic E-state index is 14.7. The maximum Gasteiger partial charge on any atom is 0.204 e. The van der Waals surface area contributed by atoms with Gasteiger partial charge in [0.15, 0.2) is 57.9 Å². The van der Waals surface area contributed by atoms with Crippen molar-refractivity contribution in [2.75, 3.05) is 42.7 Å². The number of methoxy groups -OCH3 is 6. The van der Waals surface area contributed by atoms with Gasteiger partial charge in [0.2, 0.25) is 11.5 Å². The van der Waals surface area contributed by atoms with Gasteiger partial charge in [0.1, 0.15) is 15.7 Å². The highest BCUT2D eigenvalue weighted by molar-refractivity contribution is 6.13. The molecule has 0 amide bonds. The monoisotopic (exact) mass is 646 g/mol. The zero-order valence-electron chi connectivity index (χ0n) is 26.4. The Hall–Kier alpha value is -4.61. The van der Waals surface area contributed by atoms with E-state index in [2.05, 4.69) is 0 Å². The molecule has 4 rings (SSSR count). The summed E-state index contributed by atoms with van der Waals surface area (Å²) in [5, 5.41) is 0. The van der Waals surface area contributed by atoms with Crippen molar-refractivity contribution < 1.29 is 54.8 Å². The number of hydrogen-bond donors (Lipinski definition) is 0. The summed E-state index contributed by atoms with van der Waals surface area (Å²) in [5.74, 6) is -8.75. The third-order valence-corrected chi connectivity index (χ3v) is 7.67. The Morgan fingerprint density at radius 2 is 0.652 bits per heavy atom. The Morgan fingerprint density at radius 3 is 0.870 bits per heavy atom. The average Bonchev–Trinajstić information content (AvgIpc) is 3.05. The van der Waals surface area contributed by atoms with E-state index >= 15 is 0 Å². The Balaban J connectivity index is 2.38. The summed E-state index contributed by atoms with van der Waals surface area (Å²) in [6.07, 6.45) is 0.357. The van der Waals surface area contributed by atoms with Crippen LogP contribution >= 0.6 is 0 Å². The Labute approximate surface area is 264 Å². The smallest absolute Gasteiger partial charge is 0.204 e. The third kappa shape index (κ3) is 5.43. The number of rotatable bonds is 11. The van der Waals surface area contributed by atoms with E-state index in [0.29, 0.717) is 11.1 Å². The second-order valence-electron chi connectivity index (χ2n) is 9.87. The van der Waals surface area contributed by atoms with E-state index < -0.39 is 34.9 Å². The van der Waals surface area contributed by atoms with Crippen LogP contribution < -0.4 is 28.4 Å². The summed E-state index contributed by atoms with van der Waals surface area (Å²) >= 11 is 0. The molecule has 242 valence electrons. The largest absolute Gasteiger partial charge is 0.492 e. The molecule has 4 aromatic carbocycles. The molecule has 0 atom stereocenters. The minimum absolute atomic E-state index is 0.0108. The van der Waals surface area contributed by atoms with Crippen molar-refractivity contribution in [3.8, 4) is 67.9 Å². The SMILES string of the molecule is BCc1c(-c2cc(F)c(F)c(F)c2)c(OC)c(OC)c(OC)c1-c1c(CB)c(-c2cc(F)c(F)c(F)c2)c(OC)c(OC)c1OC. The van der Waals surface area contributed by atoms with Crippen molar-refractivity contribution >= 4 is 15.7 Å². The molecular formula is C32H30B2F6O6. The quantitative estimate of drug-likeness (QED) is 0.116. The molecule has 6 nitrogen and oxygen atoms in total. The van der Waals surface area contributed by atoms with Crippen LogP contribution in [0.25, 0.3) is 33.4 Å². The van der Waals surface area contributed by atoms with E-state index in [9.17, 15) is 26.3 Å². The van der Waals surface area contributed by atoms with Crippen LogP contribution in [-0.2, 0) is 12.6 Å². The molecule has 0 unspecified atom stereocenters. The minimum atomic E-state index is -1.65. The lowest BCUT2D eigenvalue weighted by molar-refractivity contribution is 0.322. The lowest BCUT2D eigenvalue weighted by atomic mass is 9.77. The van der Waals surface area contributed by atoms with Crippen LogP contribution in [-0.4, -0.2) is 58.4 Å². The fourth-order valence-electron chi connectivity index (χ4n) is 5.85. The van der Waals surface area contributed by atoms with Crippen LogP contribution in [0.3, 0.4) is 0 Å². The first-order chi connectivity index (χ1) is 22.0. The first-order valence-electron chi connectivity index (χ1n) is 14.0. The number of halogens is 6. The van der Waals surface area contributed by atoms with E-state index in [1.54, 1.807) is 15.7 Å². The lowest BCUT2D eigenvalue weighted by Crippen LogP contribution is -2.10. The first kappa shape index (κ1) is 34.3. The zero-order valence-corrected chi connectivity index (χ0v) is 26.4. The highest BCUT2D eigenvalue weighted by Gasteiger charge is 2.35. The second-order valence-corrected chi connectivity index (χ2v) is 9.87. The van der Waals surface area contributed by atoms with Crippen LogP contribution in [0.1, 0.15) is 11.1 Å². The molecule has 0 N–H and O–H groups in total. The van der Waals surface area contributed by atoms with Gasteiger partial charge in [-0.15, -0.1) is 0 Å². The molecule has 0 aliphatic rings. The molecule has 0 saturated carbocycles. The van der Waals surface area contributed by atoms with Crippen LogP contribution in [0.2, 0.25) is 0 Å². The molecule has 0 fully saturated rings. The fraction of sp³-hybridized carbons (Fsp3) is 0.250. The number of hydrogen-bond acceptors (Lipinski definition) is 6. The standard InChI is InChI=1S/C32H30B2F6O6/c1-41-27-21(13-7-17(35)25(39)18(36)8-13)15(11-33)23(29(43-3)31(27)45-5)24-16(12-34)22(14-9-19(37)26(40)20(38)10-14)28(42-2)32(46-6)30(24)44-4/h7-10H,11-12,33-34H2,1-6H3. The summed E-state index contributed by atoms with van der Waals surface area (Å²) in [6.45, 7) is 0. The lowest BCUT2D eigenvalue weighted by Gasteiger charge is -2.29. The first-order valence-corrected chi connectivity index (χ1v) is 14.0. The molecule has 0 aliphatic heterocycles. The molecule has 0 heterocycles. The fourth-order valence-corrected chi connectivity index (χ4v) is 5.85. The zero-order chi connectivity index (χ0) is 34.0. The Bertz CT molecular complexity index is 1640. The van der Waals surface area contributed by atoms with Gasteiger partial charge in [-0.25, -0.2) is 26.3 Å². The normalized spacial score (nSPS) is 11.0. The molecule has 4 aromatic rings. The molecule has 46 heavy (non-hydrogen) atoms. The van der Waals surface area contributed by atoms with Crippen molar-refractivity contribution in [2.45, 2.75) is 12.6 Å². The van der Waals surface area contributed by atoms with Crippen LogP contribution in [0.15, 0.2) is 24.3 Å². The molecule has 0 spiro atoms. The highest BCUT2D eigenvalue weighted by Crippen LogP contribution is 2.60. The predicted molar refractivity (Wildman–Crippen MR) is 166 cm³/mol. The average molecular weight is 646 g/mol. The van der Waals surface area contributed by atoms with Crippen molar-refractivity contribution in [2.24, 2.45) is 0 Å². The van der Waals surface area contributed by atoms with Gasteiger partial charge in [-0.3, -0.25) is 0 Å². The summed E-state index contributed by atoms with van der Waals surface area (Å²) in [4.78, 5) is 0. The van der Waals surface area contributed by atoms with Gasteiger partial charge in [-0.2, -0.15) is 0 Å². The summed E-state index contributed by atoms with van der Waals surface area (Å²) in [6, 6.07) is 3.31. The molecule has 0 aromatic heterocycles. The van der Waals surface area contributed by atoms with Gasteiger partial charge in [-0.1, -0.05) is 12.6 Å². The summed E-state index contributed by atoms with van der Waals surface area (Å²) < 4.78 is 121. The van der Waals surface area contributed by atoms with Gasteiger partial charge in [-0.05, 0) is 46.5 Å². The van der Waals surface area contributed by atoms with Crippen molar-refractivity contribution in [3.63, 3.8) is 0 Å². The van der Waals surface area contributed by atoms with Crippen LogP contribution in [0.5, 0.6) is 34.5 Å². The van der Waals surface area contributed by atoms with E-state index in [0.717, 1.165) is 24.3 Å². The number of benzene rings is 4. The van der Waals surface area contributed by atoms with Gasteiger partial charge >= 0.3 is 0 Å². The van der Waals surface area contributed by atoms with Gasteiger partial charge in [0.25, 0.3) is 0 Å². The number of ether oxygens (including phenoxy) is 6. The second kappa shape index (κ2) is 13.8. The van der Waals surface area contributed by atoms with Crippen LogP contribution in [0.4, 0.5) is 26.3 Å². The predicted octanol–water partition coefficient (Wildman–Crippen LogP) is 5.84. The van der Waals surface area contributed by atoms with Crippen molar-refractivity contribution in [1.82, 2.24) is 0 Å². The molecule has 0 bridgehead atoms. The topological polar surface area (TPSA) is 55.4 Å². The van der Waals surface area contributed by atoms with Gasteiger partial charge in [0.05, 0.1) is 42.7 Å². The molecule has 14 heteroatoms. The van der Waals surface area contributed by atoms with E-state index in [1.807, 2.05) is 0 Å². The summed E-state index contributed by atoms with van der Waals surface area (Å²) in [5.41, 5.74) is 1.48. The van der Waals surface area contributed by atoms with Crippen molar-refractivity contribution in [3.05, 3.63) is 70.3 Å². The van der Waals surface area contributed by atoms with E-state index in [4.69, 9.17) is 28.4 Å². The van der Waals surface area contributed by atoms with Crippen LogP contribution in [0, 0.1) is 34.9 Å². The van der Waals surface area contributed by atoms with E-state index in [-0.39, 0.29) is 80.5 Å². The third-order valence-electron chi connectivity index (χ3n) is 7.67. The maximum absolute atomic E-state index is 14.7. The molecule has 0 saturated heterocycles. The molecular weight excluding hydrogens is 616 g/mol. The molecule has 0 radical (unpaired) electrons.